The van der Waals surface area contributed by atoms with Crippen LogP contribution in [0.25, 0.3) is 0 Å². The lowest BCUT2D eigenvalue weighted by Gasteiger charge is -2.20. The average Bonchev–Trinajstić information content (AvgIpc) is 3.02. The van der Waals surface area contributed by atoms with Crippen LogP contribution < -0.4 is 5.73 Å². The first kappa shape index (κ1) is 15.4. The first-order chi connectivity index (χ1) is 8.24. The van der Waals surface area contributed by atoms with Crippen LogP contribution in [0.15, 0.2) is 5.38 Å². The van der Waals surface area contributed by atoms with Gasteiger partial charge in [0, 0.05) is 25.0 Å². The van der Waals surface area contributed by atoms with E-state index in [1.54, 1.807) is 0 Å². The van der Waals surface area contributed by atoms with Gasteiger partial charge in [-0.3, -0.25) is 4.79 Å². The van der Waals surface area contributed by atoms with Crippen molar-refractivity contribution in [3.8, 4) is 0 Å². The van der Waals surface area contributed by atoms with Crippen LogP contribution in [0.2, 0.25) is 0 Å². The highest BCUT2D eigenvalue weighted by Gasteiger charge is 2.27. The minimum absolute atomic E-state index is 0. The van der Waals surface area contributed by atoms with Gasteiger partial charge >= 0.3 is 0 Å². The Morgan fingerprint density at radius 1 is 1.61 bits per heavy atom. The van der Waals surface area contributed by atoms with Crippen molar-refractivity contribution < 1.29 is 4.79 Å². The zero-order valence-corrected chi connectivity index (χ0v) is 12.2. The van der Waals surface area contributed by atoms with Crippen molar-refractivity contribution in [1.29, 1.82) is 0 Å². The molecule has 0 unspecified atom stereocenters. The molecule has 102 valence electrons. The van der Waals surface area contributed by atoms with Crippen molar-refractivity contribution >= 4 is 29.7 Å². The Balaban J connectivity index is 0.00000162. The van der Waals surface area contributed by atoms with Crippen LogP contribution in [0.3, 0.4) is 0 Å². The third kappa shape index (κ3) is 3.93. The number of amides is 1. The van der Waals surface area contributed by atoms with Gasteiger partial charge in [-0.25, -0.2) is 4.98 Å². The van der Waals surface area contributed by atoms with Gasteiger partial charge in [0.15, 0.2) is 0 Å². The molecule has 4 nitrogen and oxygen atoms in total. The van der Waals surface area contributed by atoms with E-state index in [0.717, 1.165) is 30.4 Å². The van der Waals surface area contributed by atoms with Gasteiger partial charge in [-0.2, -0.15) is 0 Å². The van der Waals surface area contributed by atoms with Gasteiger partial charge < -0.3 is 10.6 Å². The van der Waals surface area contributed by atoms with Crippen LogP contribution >= 0.6 is 23.7 Å². The van der Waals surface area contributed by atoms with Gasteiger partial charge in [0.2, 0.25) is 0 Å². The molecule has 1 amide bonds. The molecule has 0 saturated heterocycles. The van der Waals surface area contributed by atoms with Gasteiger partial charge in [0.05, 0.1) is 0 Å². The Morgan fingerprint density at radius 2 is 2.33 bits per heavy atom. The standard InChI is InChI=1S/C12H19N3OS.ClH/c1-2-5-15(7-9-3-4-9)12(16)10-8-17-11(6-13)14-10;/h8-9H,2-7,13H2,1H3;1H. The zero-order chi connectivity index (χ0) is 12.3. The molecule has 0 atom stereocenters. The number of nitrogens with two attached hydrogens (primary N) is 1. The molecular weight excluding hydrogens is 270 g/mol. The topological polar surface area (TPSA) is 59.2 Å². The van der Waals surface area contributed by atoms with E-state index in [4.69, 9.17) is 5.73 Å². The third-order valence-electron chi connectivity index (χ3n) is 2.90. The number of rotatable bonds is 6. The quantitative estimate of drug-likeness (QED) is 0.874. The predicted molar refractivity (Wildman–Crippen MR) is 76.2 cm³/mol. The Kier molecular flexibility index (Phi) is 6.05. The molecule has 18 heavy (non-hydrogen) atoms. The smallest absolute Gasteiger partial charge is 0.273 e. The number of thiazole rings is 1. The van der Waals surface area contributed by atoms with E-state index < -0.39 is 0 Å². The fourth-order valence-corrected chi connectivity index (χ4v) is 2.47. The summed E-state index contributed by atoms with van der Waals surface area (Å²) < 4.78 is 0. The largest absolute Gasteiger partial charge is 0.337 e. The number of carbonyl (C=O) groups is 1. The Bertz CT molecular complexity index is 392. The molecule has 0 aliphatic heterocycles. The summed E-state index contributed by atoms with van der Waals surface area (Å²) in [4.78, 5) is 18.5. The summed E-state index contributed by atoms with van der Waals surface area (Å²) in [6.07, 6.45) is 3.52. The molecule has 1 aromatic heterocycles. The van der Waals surface area contributed by atoms with Crippen LogP contribution in [-0.4, -0.2) is 28.9 Å². The van der Waals surface area contributed by atoms with Gasteiger partial charge in [0.1, 0.15) is 10.7 Å². The average molecular weight is 290 g/mol. The van der Waals surface area contributed by atoms with Crippen LogP contribution in [0.4, 0.5) is 0 Å². The molecule has 2 rings (SSSR count). The number of hydrogen-bond donors (Lipinski definition) is 1. The van der Waals surface area contributed by atoms with Crippen LogP contribution in [0.5, 0.6) is 0 Å². The molecule has 1 heterocycles. The lowest BCUT2D eigenvalue weighted by atomic mass is 10.3. The van der Waals surface area contributed by atoms with E-state index in [0.29, 0.717) is 12.2 Å². The van der Waals surface area contributed by atoms with E-state index in [-0.39, 0.29) is 18.3 Å². The lowest BCUT2D eigenvalue weighted by molar-refractivity contribution is 0.0742. The first-order valence-corrected chi connectivity index (χ1v) is 7.06. The number of aromatic nitrogens is 1. The molecule has 0 spiro atoms. The van der Waals surface area contributed by atoms with Crippen molar-refractivity contribution in [1.82, 2.24) is 9.88 Å². The number of halogens is 1. The monoisotopic (exact) mass is 289 g/mol. The molecule has 0 radical (unpaired) electrons. The molecule has 2 N–H and O–H groups in total. The zero-order valence-electron chi connectivity index (χ0n) is 10.6. The Labute approximate surface area is 118 Å². The van der Waals surface area contributed by atoms with Gasteiger partial charge in [-0.05, 0) is 25.2 Å². The SMILES string of the molecule is CCCN(CC1CC1)C(=O)c1csc(CN)n1.Cl. The maximum Gasteiger partial charge on any atom is 0.273 e. The summed E-state index contributed by atoms with van der Waals surface area (Å²) in [6, 6.07) is 0. The maximum atomic E-state index is 12.3. The molecule has 1 aromatic rings. The fourth-order valence-electron chi connectivity index (χ4n) is 1.82. The highest BCUT2D eigenvalue weighted by Crippen LogP contribution is 2.30. The lowest BCUT2D eigenvalue weighted by Crippen LogP contribution is -2.33. The Hall–Kier alpha value is -0.650. The highest BCUT2D eigenvalue weighted by molar-refractivity contribution is 7.09. The van der Waals surface area contributed by atoms with E-state index in [9.17, 15) is 4.79 Å². The van der Waals surface area contributed by atoms with Gasteiger partial charge in [0.25, 0.3) is 5.91 Å². The predicted octanol–water partition coefficient (Wildman–Crippen LogP) is 2.29. The van der Waals surface area contributed by atoms with Crippen LogP contribution in [0.1, 0.15) is 41.7 Å². The van der Waals surface area contributed by atoms with E-state index in [1.807, 2.05) is 10.3 Å². The van der Waals surface area contributed by atoms with Crippen molar-refractivity contribution in [3.05, 3.63) is 16.1 Å². The number of nitrogens with zero attached hydrogens (tertiary/aromatic N) is 2. The summed E-state index contributed by atoms with van der Waals surface area (Å²) in [5, 5.41) is 2.65. The van der Waals surface area contributed by atoms with E-state index >= 15 is 0 Å². The molecular formula is C12H20ClN3OS. The molecule has 6 heteroatoms. The second-order valence-electron chi connectivity index (χ2n) is 4.53. The molecule has 1 fully saturated rings. The summed E-state index contributed by atoms with van der Waals surface area (Å²) >= 11 is 1.46. The summed E-state index contributed by atoms with van der Waals surface area (Å²) in [7, 11) is 0. The Morgan fingerprint density at radius 3 is 2.83 bits per heavy atom. The van der Waals surface area contributed by atoms with Gasteiger partial charge in [-0.1, -0.05) is 6.92 Å². The first-order valence-electron chi connectivity index (χ1n) is 6.18. The van der Waals surface area contributed by atoms with Crippen molar-refractivity contribution in [3.63, 3.8) is 0 Å². The summed E-state index contributed by atoms with van der Waals surface area (Å²) in [5.41, 5.74) is 6.07. The summed E-state index contributed by atoms with van der Waals surface area (Å²) in [6.45, 7) is 4.22. The van der Waals surface area contributed by atoms with Crippen molar-refractivity contribution in [2.45, 2.75) is 32.7 Å². The van der Waals surface area contributed by atoms with Crippen LogP contribution in [-0.2, 0) is 6.54 Å². The molecule has 0 bridgehead atoms. The third-order valence-corrected chi connectivity index (χ3v) is 3.77. The molecule has 1 saturated carbocycles. The van der Waals surface area contributed by atoms with Crippen molar-refractivity contribution in [2.75, 3.05) is 13.1 Å². The minimum atomic E-state index is 0. The second-order valence-corrected chi connectivity index (χ2v) is 5.47. The minimum Gasteiger partial charge on any atom is -0.337 e. The molecule has 1 aliphatic carbocycles. The molecule has 0 aromatic carbocycles. The van der Waals surface area contributed by atoms with Crippen LogP contribution in [0, 0.1) is 5.92 Å². The summed E-state index contributed by atoms with van der Waals surface area (Å²) in [5.74, 6) is 0.785. The van der Waals surface area contributed by atoms with Gasteiger partial charge in [-0.15, -0.1) is 23.7 Å². The normalized spacial score (nSPS) is 14.1. The molecule has 1 aliphatic rings. The van der Waals surface area contributed by atoms with Crippen molar-refractivity contribution in [2.24, 2.45) is 11.7 Å². The van der Waals surface area contributed by atoms with E-state index in [2.05, 4.69) is 11.9 Å². The van der Waals surface area contributed by atoms with E-state index in [1.165, 1.54) is 24.2 Å². The second kappa shape index (κ2) is 7.07. The number of hydrogen-bond acceptors (Lipinski definition) is 4. The fraction of sp³-hybridized carbons (Fsp3) is 0.667. The number of carbonyl (C=O) groups excluding carboxylic acids is 1. The highest BCUT2D eigenvalue weighted by atomic mass is 35.5. The maximum absolute atomic E-state index is 12.3.